The first kappa shape index (κ1) is 7.72. The largest absolute Gasteiger partial charge is 0.336 e. The van der Waals surface area contributed by atoms with Gasteiger partial charge in [0.25, 0.3) is 0 Å². The molecule has 0 aliphatic heterocycles. The third-order valence-electron chi connectivity index (χ3n) is 1.48. The average molecular weight is 152 g/mol. The molecule has 11 heavy (non-hydrogen) atoms. The quantitative estimate of drug-likeness (QED) is 0.578. The summed E-state index contributed by atoms with van der Waals surface area (Å²) in [5, 5.41) is 0. The van der Waals surface area contributed by atoms with Gasteiger partial charge in [-0.15, -0.1) is 0 Å². The molecule has 0 aliphatic rings. The van der Waals surface area contributed by atoms with Crippen LogP contribution in [0.5, 0.6) is 0 Å². The minimum Gasteiger partial charge on any atom is -0.336 e. The molecule has 0 saturated heterocycles. The Labute approximate surface area is 64.7 Å². The van der Waals surface area contributed by atoms with Crippen LogP contribution >= 0.6 is 0 Å². The first-order chi connectivity index (χ1) is 5.16. The lowest BCUT2D eigenvalue weighted by Crippen LogP contribution is -1.83. The van der Waals surface area contributed by atoms with E-state index >= 15 is 0 Å². The maximum absolute atomic E-state index is 12.6. The molecule has 1 aromatic heterocycles. The van der Waals surface area contributed by atoms with Crippen molar-refractivity contribution < 1.29 is 4.39 Å². The van der Waals surface area contributed by atoms with E-state index in [1.807, 2.05) is 0 Å². The van der Waals surface area contributed by atoms with Crippen LogP contribution in [0.25, 0.3) is 5.83 Å². The fourth-order valence-corrected chi connectivity index (χ4v) is 0.930. The molecule has 0 saturated carbocycles. The van der Waals surface area contributed by atoms with E-state index in [0.29, 0.717) is 11.4 Å². The Morgan fingerprint density at radius 1 is 1.73 bits per heavy atom. The fourth-order valence-electron chi connectivity index (χ4n) is 0.930. The second kappa shape index (κ2) is 2.70. The molecule has 0 spiro atoms. The van der Waals surface area contributed by atoms with Crippen LogP contribution < -0.4 is 0 Å². The highest BCUT2D eigenvalue weighted by molar-refractivity contribution is 5.68. The maximum atomic E-state index is 12.6. The molecule has 58 valence electrons. The smallest absolute Gasteiger partial charge is 0.141 e. The van der Waals surface area contributed by atoms with Crippen molar-refractivity contribution in [3.05, 3.63) is 24.4 Å². The zero-order valence-electron chi connectivity index (χ0n) is 6.34. The molecule has 0 aromatic carbocycles. The second-order valence-corrected chi connectivity index (χ2v) is 2.23. The van der Waals surface area contributed by atoms with E-state index in [0.717, 1.165) is 0 Å². The van der Waals surface area contributed by atoms with Gasteiger partial charge in [-0.25, -0.2) is 9.38 Å². The molecule has 1 rings (SSSR count). The molecule has 0 atom stereocenters. The van der Waals surface area contributed by atoms with Crippen molar-refractivity contribution in [1.29, 1.82) is 0 Å². The number of hydrogen-bond donors (Lipinski definition) is 0. The van der Waals surface area contributed by atoms with Gasteiger partial charge in [0.15, 0.2) is 0 Å². The van der Waals surface area contributed by atoms with Gasteiger partial charge in [0.05, 0.1) is 5.56 Å². The molecule has 1 heterocycles. The Kier molecular flexibility index (Phi) is 1.89. The van der Waals surface area contributed by atoms with Crippen LogP contribution in [0.4, 0.5) is 10.2 Å². The molecule has 3 heteroatoms. The zero-order chi connectivity index (χ0) is 8.43. The average Bonchev–Trinajstić information content (AvgIpc) is 2.30. The van der Waals surface area contributed by atoms with Crippen LogP contribution in [0.3, 0.4) is 0 Å². The molecule has 0 radical (unpaired) electrons. The van der Waals surface area contributed by atoms with E-state index in [1.54, 1.807) is 23.9 Å². The Morgan fingerprint density at radius 2 is 2.36 bits per heavy atom. The van der Waals surface area contributed by atoms with Gasteiger partial charge in [0.1, 0.15) is 11.6 Å². The van der Waals surface area contributed by atoms with Gasteiger partial charge < -0.3 is 4.57 Å². The third kappa shape index (κ3) is 1.22. The molecule has 2 nitrogen and oxygen atoms in total. The Balaban J connectivity index is 3.26. The van der Waals surface area contributed by atoms with Crippen molar-refractivity contribution in [2.45, 2.75) is 0 Å². The van der Waals surface area contributed by atoms with E-state index in [9.17, 15) is 4.39 Å². The normalized spacial score (nSPS) is 9.64. The summed E-state index contributed by atoms with van der Waals surface area (Å²) >= 11 is 0. The number of aliphatic imine (C=N–C) groups is 1. The summed E-state index contributed by atoms with van der Waals surface area (Å²) in [6, 6.07) is 1.62. The van der Waals surface area contributed by atoms with Crippen LogP contribution in [0.2, 0.25) is 0 Å². The molecular weight excluding hydrogens is 143 g/mol. The van der Waals surface area contributed by atoms with Crippen LogP contribution in [0.1, 0.15) is 5.56 Å². The standard InChI is InChI=1S/C8H9FN2/c1-6(9)7-4-5-11(3)8(7)10-2/h4-5H,1-2H2,3H3. The first-order valence-corrected chi connectivity index (χ1v) is 3.13. The predicted molar refractivity (Wildman–Crippen MR) is 44.8 cm³/mol. The summed E-state index contributed by atoms with van der Waals surface area (Å²) in [6.07, 6.45) is 1.71. The lowest BCUT2D eigenvalue weighted by molar-refractivity contribution is 0.762. The summed E-state index contributed by atoms with van der Waals surface area (Å²) in [5.41, 5.74) is 0.405. The van der Waals surface area contributed by atoms with Crippen LogP contribution in [0, 0.1) is 0 Å². The number of nitrogens with zero attached hydrogens (tertiary/aromatic N) is 2. The zero-order valence-corrected chi connectivity index (χ0v) is 6.34. The molecule has 0 bridgehead atoms. The summed E-state index contributed by atoms with van der Waals surface area (Å²) in [6.45, 7) is 6.51. The highest BCUT2D eigenvalue weighted by Gasteiger charge is 2.06. The van der Waals surface area contributed by atoms with Gasteiger partial charge in [-0.05, 0) is 12.8 Å². The van der Waals surface area contributed by atoms with Crippen LogP contribution in [0.15, 0.2) is 23.8 Å². The van der Waals surface area contributed by atoms with Crippen molar-refractivity contribution in [2.75, 3.05) is 0 Å². The van der Waals surface area contributed by atoms with Crippen molar-refractivity contribution in [1.82, 2.24) is 4.57 Å². The van der Waals surface area contributed by atoms with Gasteiger partial charge >= 0.3 is 0 Å². The van der Waals surface area contributed by atoms with E-state index in [2.05, 4.69) is 18.3 Å². The molecular formula is C8H9FN2. The molecule has 0 amide bonds. The third-order valence-corrected chi connectivity index (χ3v) is 1.48. The summed E-state index contributed by atoms with van der Waals surface area (Å²) in [5.74, 6) is 0.0329. The second-order valence-electron chi connectivity index (χ2n) is 2.23. The first-order valence-electron chi connectivity index (χ1n) is 3.13. The van der Waals surface area contributed by atoms with E-state index in [-0.39, 0.29) is 0 Å². The Morgan fingerprint density at radius 3 is 2.73 bits per heavy atom. The molecule has 0 fully saturated rings. The number of rotatable bonds is 2. The minimum absolute atomic E-state index is 0.405. The molecule has 0 unspecified atom stereocenters. The van der Waals surface area contributed by atoms with Gasteiger partial charge in [-0.2, -0.15) is 0 Å². The van der Waals surface area contributed by atoms with Crippen molar-refractivity contribution in [3.8, 4) is 0 Å². The number of aryl methyl sites for hydroxylation is 1. The van der Waals surface area contributed by atoms with E-state index in [1.165, 1.54) is 0 Å². The van der Waals surface area contributed by atoms with Gasteiger partial charge in [-0.3, -0.25) is 0 Å². The highest BCUT2D eigenvalue weighted by Crippen LogP contribution is 2.25. The molecule has 0 aliphatic carbocycles. The SMILES string of the molecule is C=Nc1c(C(=C)F)ccn1C. The van der Waals surface area contributed by atoms with E-state index in [4.69, 9.17) is 0 Å². The number of aromatic nitrogens is 1. The molecule has 0 N–H and O–H groups in total. The summed E-state index contributed by atoms with van der Waals surface area (Å²) < 4.78 is 14.3. The topological polar surface area (TPSA) is 17.3 Å². The van der Waals surface area contributed by atoms with Gasteiger partial charge in [-0.1, -0.05) is 6.58 Å². The predicted octanol–water partition coefficient (Wildman–Crippen LogP) is 2.30. The van der Waals surface area contributed by atoms with Crippen LogP contribution in [-0.2, 0) is 7.05 Å². The van der Waals surface area contributed by atoms with Gasteiger partial charge in [0, 0.05) is 13.2 Å². The minimum atomic E-state index is -0.479. The number of hydrogen-bond acceptors (Lipinski definition) is 1. The fraction of sp³-hybridized carbons (Fsp3) is 0.125. The van der Waals surface area contributed by atoms with Crippen molar-refractivity contribution in [3.63, 3.8) is 0 Å². The monoisotopic (exact) mass is 152 g/mol. The van der Waals surface area contributed by atoms with Crippen molar-refractivity contribution >= 4 is 18.4 Å². The van der Waals surface area contributed by atoms with Gasteiger partial charge in [0.2, 0.25) is 0 Å². The van der Waals surface area contributed by atoms with Crippen LogP contribution in [-0.4, -0.2) is 11.3 Å². The lowest BCUT2D eigenvalue weighted by Gasteiger charge is -1.97. The van der Waals surface area contributed by atoms with Crippen molar-refractivity contribution in [2.24, 2.45) is 12.0 Å². The summed E-state index contributed by atoms with van der Waals surface area (Å²) in [7, 11) is 1.77. The lowest BCUT2D eigenvalue weighted by atomic mass is 10.3. The summed E-state index contributed by atoms with van der Waals surface area (Å²) in [4.78, 5) is 3.66. The van der Waals surface area contributed by atoms with E-state index < -0.39 is 5.83 Å². The Bertz CT molecular complexity index is 299. The number of halogens is 1. The Hall–Kier alpha value is -1.38. The highest BCUT2D eigenvalue weighted by atomic mass is 19.1. The maximum Gasteiger partial charge on any atom is 0.141 e. The molecule has 1 aromatic rings.